The summed E-state index contributed by atoms with van der Waals surface area (Å²) >= 11 is 4.38. The Labute approximate surface area is 199 Å². The number of hydrogen-bond donors (Lipinski definition) is 2. The van der Waals surface area contributed by atoms with Gasteiger partial charge in [0.2, 0.25) is 0 Å². The summed E-state index contributed by atoms with van der Waals surface area (Å²) in [7, 11) is 0. The zero-order chi connectivity index (χ0) is 18.5. The number of hydrogen-bond acceptors (Lipinski definition) is 4. The molecule has 4 nitrogen and oxygen atoms in total. The molecule has 0 heterocycles. The van der Waals surface area contributed by atoms with E-state index < -0.39 is 0 Å². The van der Waals surface area contributed by atoms with Crippen molar-refractivity contribution in [2.24, 2.45) is 9.98 Å². The third-order valence-corrected chi connectivity index (χ3v) is 4.89. The molecule has 0 aliphatic heterocycles. The molecule has 140 valence electrons. The van der Waals surface area contributed by atoms with Crippen molar-refractivity contribution >= 4 is 69.0 Å². The van der Waals surface area contributed by atoms with Gasteiger partial charge in [-0.25, -0.2) is 0 Å². The molecule has 3 aromatic carbocycles. The smallest absolute Gasteiger partial charge is 0.124 e. The number of benzene rings is 3. The van der Waals surface area contributed by atoms with Crippen molar-refractivity contribution in [1.82, 2.24) is 0 Å². The van der Waals surface area contributed by atoms with Crippen molar-refractivity contribution in [3.05, 3.63) is 78.9 Å². The van der Waals surface area contributed by atoms with Gasteiger partial charge in [-0.2, -0.15) is 0 Å². The fourth-order valence-electron chi connectivity index (χ4n) is 2.22. The topological polar surface area (TPSA) is 65.2 Å². The molecular formula is C20H14I2N2O2Pt. The first-order valence-electron chi connectivity index (χ1n) is 7.67. The van der Waals surface area contributed by atoms with Gasteiger partial charge in [0.05, 0.1) is 11.4 Å². The van der Waals surface area contributed by atoms with Crippen LogP contribution in [0.5, 0.6) is 11.5 Å². The zero-order valence-electron chi connectivity index (χ0n) is 13.8. The van der Waals surface area contributed by atoms with Gasteiger partial charge in [-0.3, -0.25) is 9.98 Å². The quantitative estimate of drug-likeness (QED) is 0.261. The van der Waals surface area contributed by atoms with E-state index in [1.165, 1.54) is 0 Å². The largest absolute Gasteiger partial charge is 0.507 e. The maximum absolute atomic E-state index is 9.94. The minimum atomic E-state index is 0. The van der Waals surface area contributed by atoms with Crippen molar-refractivity contribution in [2.75, 3.05) is 0 Å². The van der Waals surface area contributed by atoms with Crippen LogP contribution < -0.4 is 0 Å². The summed E-state index contributed by atoms with van der Waals surface area (Å²) in [6.45, 7) is 0. The molecule has 2 N–H and O–H groups in total. The van der Waals surface area contributed by atoms with Crippen molar-refractivity contribution in [1.29, 1.82) is 0 Å². The van der Waals surface area contributed by atoms with Crippen molar-refractivity contribution < 1.29 is 31.3 Å². The molecule has 0 spiro atoms. The number of halogens is 2. The van der Waals surface area contributed by atoms with Crippen LogP contribution in [0, 0.1) is 7.14 Å². The second kappa shape index (κ2) is 10.3. The molecule has 0 aromatic heterocycles. The van der Waals surface area contributed by atoms with E-state index in [0.717, 1.165) is 7.14 Å². The second-order valence-electron chi connectivity index (χ2n) is 5.41. The predicted molar refractivity (Wildman–Crippen MR) is 123 cm³/mol. The SMILES string of the molecule is Oc1ccc(I)cc1C=Nc1ccccc1N=Cc1cc(I)ccc1O.[Pt]. The molecule has 0 bridgehead atoms. The number of phenolic OH excluding ortho intramolecular Hbond substituents is 2. The van der Waals surface area contributed by atoms with Crippen LogP contribution in [0.4, 0.5) is 11.4 Å². The number of aromatic hydroxyl groups is 2. The third kappa shape index (κ3) is 6.12. The number of rotatable bonds is 4. The first kappa shape index (κ1) is 22.0. The van der Waals surface area contributed by atoms with E-state index in [1.54, 1.807) is 24.6 Å². The second-order valence-corrected chi connectivity index (χ2v) is 7.90. The Morgan fingerprint density at radius 1 is 0.667 bits per heavy atom. The predicted octanol–water partition coefficient (Wildman–Crippen LogP) is 5.81. The van der Waals surface area contributed by atoms with Gasteiger partial charge < -0.3 is 10.2 Å². The van der Waals surface area contributed by atoms with Gasteiger partial charge in [0.15, 0.2) is 0 Å². The molecule has 0 atom stereocenters. The van der Waals surface area contributed by atoms with Crippen LogP contribution in [0.3, 0.4) is 0 Å². The average molecular weight is 763 g/mol. The molecule has 0 fully saturated rings. The van der Waals surface area contributed by atoms with Crippen molar-refractivity contribution in [3.63, 3.8) is 0 Å². The van der Waals surface area contributed by atoms with Crippen LogP contribution in [-0.2, 0) is 21.1 Å². The van der Waals surface area contributed by atoms with Gasteiger partial charge in [0, 0.05) is 51.8 Å². The summed E-state index contributed by atoms with van der Waals surface area (Å²) in [5, 5.41) is 19.9. The Kier molecular flexibility index (Phi) is 8.44. The minimum Gasteiger partial charge on any atom is -0.507 e. The number of para-hydroxylation sites is 2. The third-order valence-electron chi connectivity index (χ3n) is 3.55. The molecule has 3 rings (SSSR count). The molecule has 0 radical (unpaired) electrons. The summed E-state index contributed by atoms with van der Waals surface area (Å²) < 4.78 is 2.03. The monoisotopic (exact) mass is 763 g/mol. The maximum Gasteiger partial charge on any atom is 0.124 e. The van der Waals surface area contributed by atoms with Gasteiger partial charge in [-0.15, -0.1) is 0 Å². The zero-order valence-corrected chi connectivity index (χ0v) is 20.4. The fourth-order valence-corrected chi connectivity index (χ4v) is 3.25. The van der Waals surface area contributed by atoms with Crippen LogP contribution in [0.2, 0.25) is 0 Å². The summed E-state index contributed by atoms with van der Waals surface area (Å²) in [6.07, 6.45) is 3.24. The summed E-state index contributed by atoms with van der Waals surface area (Å²) in [4.78, 5) is 8.93. The average Bonchev–Trinajstić information content (AvgIpc) is 2.64. The molecule has 0 aliphatic rings. The Balaban J connectivity index is 0.00000261. The molecular weight excluding hydrogens is 749 g/mol. The van der Waals surface area contributed by atoms with Crippen LogP contribution >= 0.6 is 45.2 Å². The van der Waals surface area contributed by atoms with E-state index in [4.69, 9.17) is 0 Å². The van der Waals surface area contributed by atoms with Crippen molar-refractivity contribution in [3.8, 4) is 11.5 Å². The number of nitrogens with zero attached hydrogens (tertiary/aromatic N) is 2. The molecule has 3 aromatic rings. The van der Waals surface area contributed by atoms with Gasteiger partial charge in [0.25, 0.3) is 0 Å². The van der Waals surface area contributed by atoms with Crippen LogP contribution in [0.25, 0.3) is 0 Å². The Hall–Kier alpha value is -1.25. The van der Waals surface area contributed by atoms with E-state index in [0.29, 0.717) is 22.5 Å². The van der Waals surface area contributed by atoms with Gasteiger partial charge >= 0.3 is 0 Å². The van der Waals surface area contributed by atoms with Gasteiger partial charge in [0.1, 0.15) is 11.5 Å². The van der Waals surface area contributed by atoms with E-state index >= 15 is 0 Å². The van der Waals surface area contributed by atoms with Crippen LogP contribution in [0.15, 0.2) is 70.6 Å². The van der Waals surface area contributed by atoms with Gasteiger partial charge in [-0.1, -0.05) is 12.1 Å². The summed E-state index contributed by atoms with van der Waals surface area (Å²) in [5.41, 5.74) is 2.64. The summed E-state index contributed by atoms with van der Waals surface area (Å²) in [6, 6.07) is 18.1. The Bertz CT molecular complexity index is 927. The number of phenols is 2. The van der Waals surface area contributed by atoms with Crippen molar-refractivity contribution in [2.45, 2.75) is 0 Å². The molecule has 0 saturated carbocycles. The van der Waals surface area contributed by atoms with Crippen LogP contribution in [-0.4, -0.2) is 22.6 Å². The Morgan fingerprint density at radius 2 is 1.07 bits per heavy atom. The Morgan fingerprint density at radius 3 is 1.48 bits per heavy atom. The molecule has 0 unspecified atom stereocenters. The van der Waals surface area contributed by atoms with E-state index in [-0.39, 0.29) is 32.6 Å². The molecule has 0 amide bonds. The molecule has 27 heavy (non-hydrogen) atoms. The fraction of sp³-hybridized carbons (Fsp3) is 0. The molecule has 0 aliphatic carbocycles. The molecule has 7 heteroatoms. The molecule has 0 saturated heterocycles. The first-order chi connectivity index (χ1) is 12.5. The van der Waals surface area contributed by atoms with E-state index in [2.05, 4.69) is 55.2 Å². The standard InChI is InChI=1S/C20H14I2N2O2.Pt/c21-15-5-7-19(25)13(9-15)11-23-17-3-1-2-4-18(17)24-12-14-10-16(22)6-8-20(14)26;/h1-12,25-26H;. The minimum absolute atomic E-state index is 0. The maximum atomic E-state index is 9.94. The first-order valence-corrected chi connectivity index (χ1v) is 9.83. The van der Waals surface area contributed by atoms with E-state index in [1.807, 2.05) is 48.5 Å². The summed E-state index contributed by atoms with van der Waals surface area (Å²) in [5.74, 6) is 0.359. The van der Waals surface area contributed by atoms with E-state index in [9.17, 15) is 10.2 Å². The normalized spacial score (nSPS) is 11.0. The van der Waals surface area contributed by atoms with Gasteiger partial charge in [-0.05, 0) is 93.7 Å². The number of aliphatic imine (C=N–C) groups is 2. The van der Waals surface area contributed by atoms with Crippen LogP contribution in [0.1, 0.15) is 11.1 Å².